The maximum Gasteiger partial charge on any atom is 0.258 e. The molecule has 3 N–H and O–H groups in total. The van der Waals surface area contributed by atoms with E-state index in [9.17, 15) is 4.79 Å². The van der Waals surface area contributed by atoms with Crippen LogP contribution in [0.2, 0.25) is 10.0 Å². The maximum absolute atomic E-state index is 11.9. The molecule has 0 atom stereocenters. The minimum absolute atomic E-state index is 0.147. The molecule has 156 valence electrons. The van der Waals surface area contributed by atoms with E-state index in [0.29, 0.717) is 52.2 Å². The van der Waals surface area contributed by atoms with E-state index in [2.05, 4.69) is 30.9 Å². The van der Waals surface area contributed by atoms with Crippen molar-refractivity contribution in [3.63, 3.8) is 0 Å². The summed E-state index contributed by atoms with van der Waals surface area (Å²) in [6.07, 6.45) is 1.70. The molecule has 30 heavy (non-hydrogen) atoms. The van der Waals surface area contributed by atoms with E-state index >= 15 is 0 Å². The highest BCUT2D eigenvalue weighted by atomic mass is 35.5. The van der Waals surface area contributed by atoms with Crippen LogP contribution < -0.4 is 20.7 Å². The van der Waals surface area contributed by atoms with Gasteiger partial charge in [0.1, 0.15) is 29.0 Å². The number of carbonyl (C=O) groups excluding carboxylic acids is 1. The number of aryl methyl sites for hydroxylation is 1. The number of amides is 1. The average molecular weight is 447 g/mol. The summed E-state index contributed by atoms with van der Waals surface area (Å²) in [5, 5.41) is 9.89. The van der Waals surface area contributed by atoms with Gasteiger partial charge in [0.15, 0.2) is 6.61 Å². The molecule has 0 saturated heterocycles. The summed E-state index contributed by atoms with van der Waals surface area (Å²) in [5.41, 5.74) is 0. The smallest absolute Gasteiger partial charge is 0.258 e. The zero-order valence-electron chi connectivity index (χ0n) is 16.2. The average Bonchev–Trinajstić information content (AvgIpc) is 2.71. The lowest BCUT2D eigenvalue weighted by Crippen LogP contribution is -2.32. The van der Waals surface area contributed by atoms with Crippen LogP contribution in [-0.2, 0) is 4.79 Å². The van der Waals surface area contributed by atoms with Crippen LogP contribution in [-0.4, -0.2) is 40.6 Å². The molecule has 3 aromatic rings. The molecule has 0 bridgehead atoms. The van der Waals surface area contributed by atoms with Crippen molar-refractivity contribution in [2.75, 3.05) is 30.3 Å². The van der Waals surface area contributed by atoms with Gasteiger partial charge in [-0.1, -0.05) is 29.3 Å². The first-order chi connectivity index (χ1) is 14.5. The number of rotatable bonds is 9. The maximum atomic E-state index is 11.9. The fourth-order valence-electron chi connectivity index (χ4n) is 2.47. The van der Waals surface area contributed by atoms with E-state index in [1.54, 1.807) is 37.4 Å². The largest absolute Gasteiger partial charge is 0.482 e. The van der Waals surface area contributed by atoms with Crippen LogP contribution in [0.25, 0.3) is 0 Å². The van der Waals surface area contributed by atoms with E-state index in [0.717, 1.165) is 0 Å². The molecule has 0 saturated carbocycles. The van der Waals surface area contributed by atoms with Gasteiger partial charge in [-0.25, -0.2) is 15.0 Å². The van der Waals surface area contributed by atoms with E-state index in [-0.39, 0.29) is 12.5 Å². The number of ether oxygens (including phenoxy) is 1. The second-order valence-electron chi connectivity index (χ2n) is 6.17. The number of hydrogen-bond donors (Lipinski definition) is 3. The number of aromatic nitrogens is 3. The molecule has 3 rings (SSSR count). The second kappa shape index (κ2) is 10.6. The Labute approximate surface area is 184 Å². The highest BCUT2D eigenvalue weighted by molar-refractivity contribution is 6.35. The topological polar surface area (TPSA) is 101 Å². The van der Waals surface area contributed by atoms with Crippen molar-refractivity contribution < 1.29 is 9.53 Å². The lowest BCUT2D eigenvalue weighted by molar-refractivity contribution is -0.123. The van der Waals surface area contributed by atoms with Gasteiger partial charge in [0, 0.05) is 30.4 Å². The van der Waals surface area contributed by atoms with Crippen LogP contribution in [0, 0.1) is 6.92 Å². The van der Waals surface area contributed by atoms with E-state index in [4.69, 9.17) is 27.9 Å². The standard InChI is InChI=1S/C20H20Cl2N6O2/c1-13-26-18(11-19(27-13)28-17-4-2-3-7-23-17)24-8-9-25-20(29)12-30-16-6-5-14(21)10-15(16)22/h2-7,10-11H,8-9,12H2,1H3,(H,25,29)(H2,23,24,26,27,28). The number of carbonyl (C=O) groups is 1. The van der Waals surface area contributed by atoms with Gasteiger partial charge >= 0.3 is 0 Å². The molecule has 8 nitrogen and oxygen atoms in total. The molecular weight excluding hydrogens is 427 g/mol. The van der Waals surface area contributed by atoms with E-state index < -0.39 is 0 Å². The van der Waals surface area contributed by atoms with Gasteiger partial charge < -0.3 is 20.7 Å². The zero-order valence-corrected chi connectivity index (χ0v) is 17.7. The number of nitrogens with zero attached hydrogens (tertiary/aromatic N) is 3. The zero-order chi connectivity index (χ0) is 21.3. The predicted molar refractivity (Wildman–Crippen MR) is 118 cm³/mol. The van der Waals surface area contributed by atoms with Crippen molar-refractivity contribution in [3.8, 4) is 5.75 Å². The molecule has 0 aliphatic heterocycles. The fourth-order valence-corrected chi connectivity index (χ4v) is 2.93. The molecule has 0 fully saturated rings. The van der Waals surface area contributed by atoms with Gasteiger partial charge in [-0.05, 0) is 37.3 Å². The SMILES string of the molecule is Cc1nc(NCCNC(=O)COc2ccc(Cl)cc2Cl)cc(Nc2ccccn2)n1. The fraction of sp³-hybridized carbons (Fsp3) is 0.200. The Morgan fingerprint density at radius 3 is 2.63 bits per heavy atom. The quantitative estimate of drug-likeness (QED) is 0.429. The number of halogens is 2. The molecule has 1 aromatic carbocycles. The molecule has 0 aliphatic rings. The Morgan fingerprint density at radius 2 is 1.87 bits per heavy atom. The van der Waals surface area contributed by atoms with Crippen LogP contribution >= 0.6 is 23.2 Å². The number of pyridine rings is 1. The van der Waals surface area contributed by atoms with Gasteiger partial charge in [-0.3, -0.25) is 4.79 Å². The van der Waals surface area contributed by atoms with Gasteiger partial charge in [-0.15, -0.1) is 0 Å². The Hall–Kier alpha value is -3.10. The Balaban J connectivity index is 1.43. The minimum atomic E-state index is -0.265. The van der Waals surface area contributed by atoms with E-state index in [1.165, 1.54) is 0 Å². The highest BCUT2D eigenvalue weighted by Gasteiger charge is 2.07. The molecule has 0 radical (unpaired) electrons. The van der Waals surface area contributed by atoms with Crippen molar-refractivity contribution in [2.24, 2.45) is 0 Å². The number of hydrogen-bond acceptors (Lipinski definition) is 7. The van der Waals surface area contributed by atoms with Crippen molar-refractivity contribution in [1.29, 1.82) is 0 Å². The molecule has 1 amide bonds. The van der Waals surface area contributed by atoms with Crippen LogP contribution in [0.4, 0.5) is 17.5 Å². The van der Waals surface area contributed by atoms with Crippen molar-refractivity contribution >= 4 is 46.6 Å². The van der Waals surface area contributed by atoms with Crippen molar-refractivity contribution in [3.05, 3.63) is 64.5 Å². The number of benzene rings is 1. The summed E-state index contributed by atoms with van der Waals surface area (Å²) >= 11 is 11.8. The predicted octanol–water partition coefficient (Wildman–Crippen LogP) is 3.84. The monoisotopic (exact) mass is 446 g/mol. The first kappa shape index (κ1) is 21.6. The molecule has 0 unspecified atom stereocenters. The van der Waals surface area contributed by atoms with Gasteiger partial charge in [0.05, 0.1) is 5.02 Å². The summed E-state index contributed by atoms with van der Waals surface area (Å²) in [6, 6.07) is 12.2. The van der Waals surface area contributed by atoms with Crippen molar-refractivity contribution in [1.82, 2.24) is 20.3 Å². The van der Waals surface area contributed by atoms with Crippen LogP contribution in [0.5, 0.6) is 5.75 Å². The summed E-state index contributed by atoms with van der Waals surface area (Å²) in [5.74, 6) is 2.70. The molecule has 0 spiro atoms. The molecule has 2 aromatic heterocycles. The van der Waals surface area contributed by atoms with Crippen LogP contribution in [0.3, 0.4) is 0 Å². The third-order valence-electron chi connectivity index (χ3n) is 3.76. The van der Waals surface area contributed by atoms with Gasteiger partial charge in [-0.2, -0.15) is 0 Å². The number of anilines is 3. The van der Waals surface area contributed by atoms with Crippen LogP contribution in [0.15, 0.2) is 48.7 Å². The molecule has 10 heteroatoms. The Kier molecular flexibility index (Phi) is 7.64. The lowest BCUT2D eigenvalue weighted by Gasteiger charge is -2.11. The summed E-state index contributed by atoms with van der Waals surface area (Å²) in [4.78, 5) is 24.8. The van der Waals surface area contributed by atoms with Crippen molar-refractivity contribution in [2.45, 2.75) is 6.92 Å². The number of nitrogens with one attached hydrogen (secondary N) is 3. The lowest BCUT2D eigenvalue weighted by atomic mass is 10.3. The Morgan fingerprint density at radius 1 is 1.03 bits per heavy atom. The molecule has 0 aliphatic carbocycles. The third kappa shape index (κ3) is 6.75. The summed E-state index contributed by atoms with van der Waals surface area (Å²) < 4.78 is 5.40. The Bertz CT molecular complexity index is 1000. The van der Waals surface area contributed by atoms with Gasteiger partial charge in [0.25, 0.3) is 5.91 Å². The highest BCUT2D eigenvalue weighted by Crippen LogP contribution is 2.27. The summed E-state index contributed by atoms with van der Waals surface area (Å²) in [6.45, 7) is 2.53. The molecular formula is C20H20Cl2N6O2. The van der Waals surface area contributed by atoms with Crippen LogP contribution in [0.1, 0.15) is 5.82 Å². The first-order valence-electron chi connectivity index (χ1n) is 9.12. The molecule has 2 heterocycles. The van der Waals surface area contributed by atoms with Gasteiger partial charge in [0.2, 0.25) is 0 Å². The summed E-state index contributed by atoms with van der Waals surface area (Å²) in [7, 11) is 0. The third-order valence-corrected chi connectivity index (χ3v) is 4.30. The second-order valence-corrected chi connectivity index (χ2v) is 7.01. The van der Waals surface area contributed by atoms with E-state index in [1.807, 2.05) is 18.2 Å². The minimum Gasteiger partial charge on any atom is -0.482 e. The first-order valence-corrected chi connectivity index (χ1v) is 9.87. The normalized spacial score (nSPS) is 10.4.